The minimum absolute atomic E-state index is 0. The molecule has 0 unspecified atom stereocenters. The standard InChI is InChI=1S/C49H33N4O.Pt/c1-32-26-27-44(39(29-32)33-15-4-2-5-16-33)53-45-24-14-21-37(47(45)51-49(53)38-20-9-11-25-46(38)54)41-31-34(42-22-12-13-28-50-42)30-40-36-19-8-10-23-43(36)52(48(40)41)35-17-6-3-7-18-35;/h2-30,54H,1H3;/q-1;/i1D3;. The van der Waals surface area contributed by atoms with Crippen LogP contribution in [-0.4, -0.2) is 24.2 Å². The molecule has 0 fully saturated rings. The van der Waals surface area contributed by atoms with Crippen molar-refractivity contribution in [3.05, 3.63) is 188 Å². The van der Waals surface area contributed by atoms with E-state index in [0.29, 0.717) is 16.9 Å². The van der Waals surface area contributed by atoms with E-state index in [4.69, 9.17) is 14.1 Å². The molecule has 10 rings (SSSR count). The molecule has 0 atom stereocenters. The number of aryl methyl sites for hydroxylation is 1. The Bertz CT molecular complexity index is 3120. The van der Waals surface area contributed by atoms with E-state index in [9.17, 15) is 5.11 Å². The Morgan fingerprint density at radius 3 is 2.15 bits per heavy atom. The molecular formula is C49H33N4OPt-. The molecule has 0 spiro atoms. The van der Waals surface area contributed by atoms with Crippen LogP contribution in [0, 0.1) is 12.9 Å². The number of phenolic OH excluding ortho intramolecular Hbond substituents is 1. The summed E-state index contributed by atoms with van der Waals surface area (Å²) in [5.74, 6) is 0.585. The Labute approximate surface area is 337 Å². The minimum Gasteiger partial charge on any atom is -0.507 e. The van der Waals surface area contributed by atoms with Crippen LogP contribution in [0.2, 0.25) is 0 Å². The number of hydrogen-bond acceptors (Lipinski definition) is 3. The average molecular weight is 892 g/mol. The van der Waals surface area contributed by atoms with Gasteiger partial charge in [-0.15, -0.1) is 12.1 Å². The average Bonchev–Trinajstić information content (AvgIpc) is 3.80. The van der Waals surface area contributed by atoms with Gasteiger partial charge in [0.15, 0.2) is 0 Å². The van der Waals surface area contributed by atoms with Crippen LogP contribution in [-0.2, 0) is 21.1 Å². The molecule has 0 radical (unpaired) electrons. The second kappa shape index (κ2) is 14.0. The fourth-order valence-corrected chi connectivity index (χ4v) is 7.70. The van der Waals surface area contributed by atoms with Crippen molar-refractivity contribution in [2.45, 2.75) is 6.85 Å². The predicted octanol–water partition coefficient (Wildman–Crippen LogP) is 12.0. The molecule has 0 amide bonds. The quantitative estimate of drug-likeness (QED) is 0.169. The van der Waals surface area contributed by atoms with E-state index < -0.39 is 6.85 Å². The SMILES string of the molecule is [2H]C([2H])([2H])c1ccc(-n2c(-c3ccccc3O)nc3c(-c4[c-]c(-c5ccccn5)cc5c6ccccc6n(-c6ccccc6)c45)cccc32)c(-c2ccccc2)c1.[Pt]. The van der Waals surface area contributed by atoms with E-state index in [1.165, 1.54) is 0 Å². The zero-order valence-electron chi connectivity index (χ0n) is 32.3. The molecule has 0 aliphatic heterocycles. The number of hydrogen-bond donors (Lipinski definition) is 1. The van der Waals surface area contributed by atoms with Crippen LogP contribution in [0.5, 0.6) is 5.75 Å². The van der Waals surface area contributed by atoms with Crippen molar-refractivity contribution in [2.24, 2.45) is 0 Å². The summed E-state index contributed by atoms with van der Waals surface area (Å²) in [6, 6.07) is 59.0. The van der Waals surface area contributed by atoms with Crippen molar-refractivity contribution in [2.75, 3.05) is 0 Å². The van der Waals surface area contributed by atoms with Crippen molar-refractivity contribution in [1.82, 2.24) is 19.1 Å². The maximum atomic E-state index is 11.4. The van der Waals surface area contributed by atoms with Crippen LogP contribution in [0.4, 0.5) is 0 Å². The summed E-state index contributed by atoms with van der Waals surface area (Å²) >= 11 is 0. The van der Waals surface area contributed by atoms with Crippen LogP contribution in [0.1, 0.15) is 9.68 Å². The third kappa shape index (κ3) is 5.76. The van der Waals surface area contributed by atoms with Gasteiger partial charge in [-0.3, -0.25) is 9.55 Å². The van der Waals surface area contributed by atoms with Gasteiger partial charge in [-0.25, -0.2) is 4.98 Å². The van der Waals surface area contributed by atoms with E-state index in [0.717, 1.165) is 72.2 Å². The molecule has 5 nitrogen and oxygen atoms in total. The molecule has 0 aliphatic carbocycles. The Hall–Kier alpha value is -6.55. The Kier molecular flexibility index (Phi) is 7.87. The summed E-state index contributed by atoms with van der Waals surface area (Å²) < 4.78 is 29.1. The number of imidazole rings is 1. The van der Waals surface area contributed by atoms with Crippen LogP contribution < -0.4 is 0 Å². The third-order valence-corrected chi connectivity index (χ3v) is 10.1. The fraction of sp³-hybridized carbons (Fsp3) is 0.0204. The van der Waals surface area contributed by atoms with E-state index in [2.05, 4.69) is 59.2 Å². The van der Waals surface area contributed by atoms with Gasteiger partial charge in [0.1, 0.15) is 11.6 Å². The molecule has 0 aliphatic rings. The second-order valence-electron chi connectivity index (χ2n) is 13.3. The molecule has 0 saturated carbocycles. The Morgan fingerprint density at radius 2 is 1.35 bits per heavy atom. The van der Waals surface area contributed by atoms with Gasteiger partial charge in [0.05, 0.1) is 22.3 Å². The van der Waals surface area contributed by atoms with Gasteiger partial charge >= 0.3 is 0 Å². The fourth-order valence-electron chi connectivity index (χ4n) is 7.70. The van der Waals surface area contributed by atoms with E-state index in [1.807, 2.05) is 102 Å². The topological polar surface area (TPSA) is 55.9 Å². The molecule has 55 heavy (non-hydrogen) atoms. The number of fused-ring (bicyclic) bond motifs is 4. The molecule has 10 aromatic rings. The van der Waals surface area contributed by atoms with E-state index in [-0.39, 0.29) is 32.4 Å². The Morgan fingerprint density at radius 1 is 0.618 bits per heavy atom. The van der Waals surface area contributed by atoms with Crippen molar-refractivity contribution >= 4 is 32.8 Å². The number of nitrogens with zero attached hydrogens (tertiary/aromatic N) is 4. The zero-order valence-corrected chi connectivity index (χ0v) is 31.6. The molecular weight excluding hydrogens is 856 g/mol. The van der Waals surface area contributed by atoms with Crippen LogP contribution >= 0.6 is 0 Å². The van der Waals surface area contributed by atoms with Crippen LogP contribution in [0.15, 0.2) is 176 Å². The molecule has 6 heteroatoms. The van der Waals surface area contributed by atoms with E-state index >= 15 is 0 Å². The number of phenols is 1. The molecule has 7 aromatic carbocycles. The van der Waals surface area contributed by atoms with Gasteiger partial charge in [-0.1, -0.05) is 137 Å². The minimum atomic E-state index is -2.32. The predicted molar refractivity (Wildman–Crippen MR) is 220 cm³/mol. The second-order valence-corrected chi connectivity index (χ2v) is 13.3. The summed E-state index contributed by atoms with van der Waals surface area (Å²) in [6.07, 6.45) is 1.79. The number of benzene rings is 7. The molecule has 3 aromatic heterocycles. The number of aromatic hydroxyl groups is 1. The smallest absolute Gasteiger partial charge is 0.148 e. The molecule has 0 bridgehead atoms. The maximum absolute atomic E-state index is 11.4. The Balaban J connectivity index is 0.00000436. The summed E-state index contributed by atoms with van der Waals surface area (Å²) in [4.78, 5) is 10.2. The van der Waals surface area contributed by atoms with Gasteiger partial charge in [0.25, 0.3) is 0 Å². The summed E-state index contributed by atoms with van der Waals surface area (Å²) in [5, 5.41) is 13.5. The van der Waals surface area contributed by atoms with E-state index in [1.54, 1.807) is 30.5 Å². The molecule has 1 N–H and O–H groups in total. The van der Waals surface area contributed by atoms with Crippen LogP contribution in [0.3, 0.4) is 0 Å². The number of aromatic nitrogens is 4. The van der Waals surface area contributed by atoms with Gasteiger partial charge in [-0.2, -0.15) is 0 Å². The molecule has 0 saturated heterocycles. The van der Waals surface area contributed by atoms with Crippen molar-refractivity contribution in [3.63, 3.8) is 0 Å². The van der Waals surface area contributed by atoms with Gasteiger partial charge in [0, 0.05) is 53.8 Å². The molecule has 3 heterocycles. The first-order chi connectivity index (χ1) is 27.8. The number of pyridine rings is 1. The number of rotatable bonds is 6. The summed E-state index contributed by atoms with van der Waals surface area (Å²) in [7, 11) is 0. The van der Waals surface area contributed by atoms with Crippen molar-refractivity contribution in [3.8, 4) is 62.0 Å². The van der Waals surface area contributed by atoms with Crippen molar-refractivity contribution < 1.29 is 30.3 Å². The largest absolute Gasteiger partial charge is 0.507 e. The maximum Gasteiger partial charge on any atom is 0.148 e. The van der Waals surface area contributed by atoms with Gasteiger partial charge in [-0.05, 0) is 77.9 Å². The van der Waals surface area contributed by atoms with Gasteiger partial charge in [0.2, 0.25) is 0 Å². The monoisotopic (exact) mass is 891 g/mol. The van der Waals surface area contributed by atoms with Crippen LogP contribution in [0.25, 0.3) is 89.1 Å². The first kappa shape index (κ1) is 30.9. The van der Waals surface area contributed by atoms with Gasteiger partial charge < -0.3 is 9.67 Å². The summed E-state index contributed by atoms with van der Waals surface area (Å²) in [6.45, 7) is -2.32. The zero-order chi connectivity index (χ0) is 38.7. The first-order valence-corrected chi connectivity index (χ1v) is 17.8. The third-order valence-electron chi connectivity index (χ3n) is 10.1. The molecule has 266 valence electrons. The first-order valence-electron chi connectivity index (χ1n) is 19.3. The normalized spacial score (nSPS) is 12.3. The van der Waals surface area contributed by atoms with Crippen molar-refractivity contribution in [1.29, 1.82) is 0 Å². The summed E-state index contributed by atoms with van der Waals surface area (Å²) in [5.41, 5.74) is 10.9. The number of para-hydroxylation sites is 4.